The Labute approximate surface area is 87.7 Å². The highest BCUT2D eigenvalue weighted by molar-refractivity contribution is 4.73. The van der Waals surface area contributed by atoms with Crippen LogP contribution in [0.1, 0.15) is 46.0 Å². The highest BCUT2D eigenvalue weighted by Gasteiger charge is 2.23. The molecule has 3 atom stereocenters. The highest BCUT2D eigenvalue weighted by atomic mass is 16.5. The van der Waals surface area contributed by atoms with Crippen molar-refractivity contribution in [2.24, 2.45) is 11.8 Å². The van der Waals surface area contributed by atoms with Crippen molar-refractivity contribution in [1.29, 1.82) is 0 Å². The third kappa shape index (κ3) is 3.97. The molecule has 1 fully saturated rings. The summed E-state index contributed by atoms with van der Waals surface area (Å²) in [5.41, 5.74) is 0. The van der Waals surface area contributed by atoms with Crippen molar-refractivity contribution in [3.05, 3.63) is 0 Å². The van der Waals surface area contributed by atoms with E-state index in [-0.39, 0.29) is 6.10 Å². The van der Waals surface area contributed by atoms with Crippen molar-refractivity contribution in [2.75, 3.05) is 13.2 Å². The fourth-order valence-electron chi connectivity index (χ4n) is 2.18. The number of hydrogen-bond acceptors (Lipinski definition) is 2. The molecule has 0 amide bonds. The molecule has 84 valence electrons. The lowest BCUT2D eigenvalue weighted by molar-refractivity contribution is 0.0793. The molecule has 0 spiro atoms. The fraction of sp³-hybridized carbons (Fsp3) is 1.00. The topological polar surface area (TPSA) is 29.5 Å². The van der Waals surface area contributed by atoms with E-state index in [9.17, 15) is 5.11 Å². The van der Waals surface area contributed by atoms with Crippen molar-refractivity contribution >= 4 is 0 Å². The Bertz CT molecular complexity index is 141. The Hall–Kier alpha value is -0.0800. The van der Waals surface area contributed by atoms with Crippen LogP contribution in [-0.4, -0.2) is 24.4 Å². The van der Waals surface area contributed by atoms with E-state index < -0.39 is 0 Å². The summed E-state index contributed by atoms with van der Waals surface area (Å²) in [5, 5.41) is 9.89. The van der Waals surface area contributed by atoms with Gasteiger partial charge in [0.25, 0.3) is 0 Å². The summed E-state index contributed by atoms with van der Waals surface area (Å²) in [6, 6.07) is 0. The summed E-state index contributed by atoms with van der Waals surface area (Å²) in [4.78, 5) is 0. The van der Waals surface area contributed by atoms with Crippen molar-refractivity contribution in [2.45, 2.75) is 52.1 Å². The summed E-state index contributed by atoms with van der Waals surface area (Å²) in [6.45, 7) is 6.11. The van der Waals surface area contributed by atoms with Gasteiger partial charge in [-0.1, -0.05) is 26.7 Å². The molecule has 1 saturated heterocycles. The smallest absolute Gasteiger partial charge is 0.0591 e. The number of hydrogen-bond donors (Lipinski definition) is 1. The van der Waals surface area contributed by atoms with Gasteiger partial charge in [-0.05, 0) is 25.2 Å². The average Bonchev–Trinajstić information content (AvgIpc) is 2.67. The number of rotatable bonds is 6. The van der Waals surface area contributed by atoms with Crippen LogP contribution in [0.3, 0.4) is 0 Å². The molecule has 3 unspecified atom stereocenters. The van der Waals surface area contributed by atoms with Gasteiger partial charge in [0.05, 0.1) is 12.7 Å². The third-order valence-electron chi connectivity index (χ3n) is 3.25. The maximum atomic E-state index is 9.89. The van der Waals surface area contributed by atoms with Crippen molar-refractivity contribution < 1.29 is 9.84 Å². The molecule has 1 aliphatic heterocycles. The van der Waals surface area contributed by atoms with E-state index in [0.29, 0.717) is 5.92 Å². The van der Waals surface area contributed by atoms with Gasteiger partial charge in [0.2, 0.25) is 0 Å². The zero-order valence-corrected chi connectivity index (χ0v) is 9.54. The fourth-order valence-corrected chi connectivity index (χ4v) is 2.18. The van der Waals surface area contributed by atoms with Gasteiger partial charge in [0, 0.05) is 12.5 Å². The molecule has 1 aliphatic rings. The minimum absolute atomic E-state index is 0.128. The zero-order valence-electron chi connectivity index (χ0n) is 9.54. The lowest BCUT2D eigenvalue weighted by Crippen LogP contribution is -2.21. The summed E-state index contributed by atoms with van der Waals surface area (Å²) < 4.78 is 5.27. The van der Waals surface area contributed by atoms with Crippen molar-refractivity contribution in [3.63, 3.8) is 0 Å². The van der Waals surface area contributed by atoms with Crippen LogP contribution in [0.15, 0.2) is 0 Å². The lowest BCUT2D eigenvalue weighted by atomic mass is 9.92. The van der Waals surface area contributed by atoms with E-state index in [4.69, 9.17) is 4.74 Å². The molecule has 1 N–H and O–H groups in total. The van der Waals surface area contributed by atoms with Gasteiger partial charge >= 0.3 is 0 Å². The highest BCUT2D eigenvalue weighted by Crippen LogP contribution is 2.22. The SMILES string of the molecule is CCCC(C)CCC(O)C1CCOC1. The van der Waals surface area contributed by atoms with Gasteiger partial charge in [0.1, 0.15) is 0 Å². The molecular weight excluding hydrogens is 176 g/mol. The molecular formula is C12H24O2. The standard InChI is InChI=1S/C12H24O2/c1-3-4-10(2)5-6-12(13)11-7-8-14-9-11/h10-13H,3-9H2,1-2H3. The van der Waals surface area contributed by atoms with E-state index in [2.05, 4.69) is 13.8 Å². The van der Waals surface area contributed by atoms with Gasteiger partial charge in [0.15, 0.2) is 0 Å². The molecule has 0 aromatic rings. The maximum absolute atomic E-state index is 9.89. The van der Waals surface area contributed by atoms with Crippen LogP contribution in [0.25, 0.3) is 0 Å². The van der Waals surface area contributed by atoms with Gasteiger partial charge in [-0.25, -0.2) is 0 Å². The largest absolute Gasteiger partial charge is 0.393 e. The normalized spacial score (nSPS) is 26.4. The summed E-state index contributed by atoms with van der Waals surface area (Å²) >= 11 is 0. The molecule has 0 aromatic carbocycles. The lowest BCUT2D eigenvalue weighted by Gasteiger charge is -2.18. The summed E-state index contributed by atoms with van der Waals surface area (Å²) in [7, 11) is 0. The molecule has 1 heterocycles. The van der Waals surface area contributed by atoms with Crippen LogP contribution >= 0.6 is 0 Å². The van der Waals surface area contributed by atoms with E-state index in [1.807, 2.05) is 0 Å². The van der Waals surface area contributed by atoms with E-state index in [1.165, 1.54) is 12.8 Å². The zero-order chi connectivity index (χ0) is 10.4. The van der Waals surface area contributed by atoms with Crippen LogP contribution in [0.2, 0.25) is 0 Å². The predicted octanol–water partition coefficient (Wildman–Crippen LogP) is 2.60. The van der Waals surface area contributed by atoms with Crippen molar-refractivity contribution in [1.82, 2.24) is 0 Å². The minimum atomic E-state index is -0.128. The van der Waals surface area contributed by atoms with Crippen LogP contribution in [0.4, 0.5) is 0 Å². The Morgan fingerprint density at radius 3 is 2.71 bits per heavy atom. The first-order valence-electron chi connectivity index (χ1n) is 5.99. The summed E-state index contributed by atoms with van der Waals surface area (Å²) in [6.07, 6.45) is 5.57. The van der Waals surface area contributed by atoms with Gasteiger partial charge in [-0.3, -0.25) is 0 Å². The number of ether oxygens (including phenoxy) is 1. The Morgan fingerprint density at radius 1 is 1.36 bits per heavy atom. The van der Waals surface area contributed by atoms with E-state index in [1.54, 1.807) is 0 Å². The molecule has 0 aliphatic carbocycles. The Balaban J connectivity index is 2.10. The monoisotopic (exact) mass is 200 g/mol. The molecule has 0 aromatic heterocycles. The number of aliphatic hydroxyl groups excluding tert-OH is 1. The molecule has 2 nitrogen and oxygen atoms in total. The van der Waals surface area contributed by atoms with Crippen LogP contribution in [-0.2, 0) is 4.74 Å². The molecule has 0 saturated carbocycles. The molecule has 0 radical (unpaired) electrons. The van der Waals surface area contributed by atoms with Crippen LogP contribution in [0.5, 0.6) is 0 Å². The quantitative estimate of drug-likeness (QED) is 0.714. The van der Waals surface area contributed by atoms with Gasteiger partial charge < -0.3 is 9.84 Å². The predicted molar refractivity (Wildman–Crippen MR) is 58.2 cm³/mol. The van der Waals surface area contributed by atoms with E-state index in [0.717, 1.165) is 38.4 Å². The molecule has 2 heteroatoms. The van der Waals surface area contributed by atoms with Gasteiger partial charge in [-0.2, -0.15) is 0 Å². The van der Waals surface area contributed by atoms with Crippen LogP contribution in [0, 0.1) is 11.8 Å². The summed E-state index contributed by atoms with van der Waals surface area (Å²) in [5.74, 6) is 1.17. The average molecular weight is 200 g/mol. The van der Waals surface area contributed by atoms with E-state index >= 15 is 0 Å². The first-order chi connectivity index (χ1) is 6.74. The minimum Gasteiger partial charge on any atom is -0.393 e. The molecule has 14 heavy (non-hydrogen) atoms. The second-order valence-electron chi connectivity index (χ2n) is 4.66. The second kappa shape index (κ2) is 6.41. The van der Waals surface area contributed by atoms with Crippen LogP contribution < -0.4 is 0 Å². The number of aliphatic hydroxyl groups is 1. The van der Waals surface area contributed by atoms with Gasteiger partial charge in [-0.15, -0.1) is 0 Å². The Morgan fingerprint density at radius 2 is 2.14 bits per heavy atom. The molecule has 1 rings (SSSR count). The molecule has 0 bridgehead atoms. The first-order valence-corrected chi connectivity index (χ1v) is 5.99. The Kier molecular flexibility index (Phi) is 5.49. The maximum Gasteiger partial charge on any atom is 0.0591 e. The second-order valence-corrected chi connectivity index (χ2v) is 4.66. The first kappa shape index (κ1) is 12.0. The van der Waals surface area contributed by atoms with Crippen molar-refractivity contribution in [3.8, 4) is 0 Å². The third-order valence-corrected chi connectivity index (χ3v) is 3.25.